The van der Waals surface area contributed by atoms with Crippen LogP contribution in [0.2, 0.25) is 0 Å². The summed E-state index contributed by atoms with van der Waals surface area (Å²) >= 11 is 0. The molecule has 0 saturated heterocycles. The number of fused-ring (bicyclic) bond motifs is 8. The minimum atomic E-state index is -0.465. The van der Waals surface area contributed by atoms with Crippen molar-refractivity contribution in [2.45, 2.75) is 0 Å². The van der Waals surface area contributed by atoms with Gasteiger partial charge in [-0.2, -0.15) is 0 Å². The van der Waals surface area contributed by atoms with Crippen LogP contribution in [-0.4, -0.2) is 9.13 Å². The molecule has 0 N–H and O–H groups in total. The number of nitrogens with zero attached hydrogens (tertiary/aromatic N) is 2. The van der Waals surface area contributed by atoms with Crippen LogP contribution < -0.4 is 0 Å². The highest BCUT2D eigenvalue weighted by atomic mass is 16.3. The van der Waals surface area contributed by atoms with Gasteiger partial charge in [-0.15, -0.1) is 0 Å². The zero-order valence-corrected chi connectivity index (χ0v) is 21.5. The molecule has 3 nitrogen and oxygen atoms in total. The van der Waals surface area contributed by atoms with E-state index in [1.54, 1.807) is 0 Å². The van der Waals surface area contributed by atoms with Gasteiger partial charge in [-0.3, -0.25) is 4.57 Å². The fraction of sp³-hybridized carbons (Fsp3) is 0. The topological polar surface area (TPSA) is 23.0 Å². The zero-order chi connectivity index (χ0) is 33.9. The quantitative estimate of drug-likeness (QED) is 0.222. The van der Waals surface area contributed by atoms with E-state index in [4.69, 9.17) is 15.4 Å². The Balaban J connectivity index is 1.33. The lowest BCUT2D eigenvalue weighted by Crippen LogP contribution is -1.94. The van der Waals surface area contributed by atoms with Crippen molar-refractivity contribution in [3.05, 3.63) is 145 Å². The second-order valence-corrected chi connectivity index (χ2v) is 9.98. The Labute approximate surface area is 247 Å². The van der Waals surface area contributed by atoms with Gasteiger partial charge in [0.1, 0.15) is 5.58 Å². The Morgan fingerprint density at radius 2 is 1.15 bits per heavy atom. The van der Waals surface area contributed by atoms with Crippen LogP contribution in [0, 0.1) is 0 Å². The Kier molecular flexibility index (Phi) is 3.29. The minimum absolute atomic E-state index is 0.0540. The summed E-state index contributed by atoms with van der Waals surface area (Å²) in [4.78, 5) is 0. The van der Waals surface area contributed by atoms with E-state index in [2.05, 4.69) is 22.8 Å². The monoisotopic (exact) mass is 532 g/mol. The van der Waals surface area contributed by atoms with Gasteiger partial charge >= 0.3 is 0 Å². The Morgan fingerprint density at radius 3 is 1.90 bits per heavy atom. The molecular weight excluding hydrogens is 500 g/mol. The summed E-state index contributed by atoms with van der Waals surface area (Å²) < 4.78 is 78.6. The SMILES string of the molecule is [2H]c1c([2H])c([2H])c2c(c1[2H])c1c([2H])c([2H])c([2H])c([2H])c1n2-c1ccc(-c2cccc3c2c2c4ccccc4oc2n3-c2ccccc2)cc1. The van der Waals surface area contributed by atoms with E-state index in [-0.39, 0.29) is 46.0 Å². The first-order chi connectivity index (χ1) is 23.7. The van der Waals surface area contributed by atoms with Crippen molar-refractivity contribution >= 4 is 54.8 Å². The van der Waals surface area contributed by atoms with E-state index in [1.165, 1.54) is 4.57 Å². The molecule has 0 unspecified atom stereocenters. The standard InChI is InChI=1S/C38H24N2O/c1-2-11-26(12-3-1)40-34-19-10-16-28(36(34)37-31-15-6-9-20-35(31)41-38(37)40)25-21-23-27(24-22-25)39-32-17-7-4-13-29(32)30-14-5-8-18-33(30)39/h1-24H/i4D,5D,7D,8D,13D,14D,17D,18D. The lowest BCUT2D eigenvalue weighted by Gasteiger charge is -2.11. The summed E-state index contributed by atoms with van der Waals surface area (Å²) in [7, 11) is 0. The van der Waals surface area contributed by atoms with Crippen LogP contribution in [0.25, 0.3) is 77.3 Å². The second kappa shape index (κ2) is 8.48. The predicted octanol–water partition coefficient (Wildman–Crippen LogP) is 10.3. The third kappa shape index (κ3) is 3.14. The average molecular weight is 533 g/mol. The van der Waals surface area contributed by atoms with Gasteiger partial charge in [-0.05, 0) is 59.6 Å². The van der Waals surface area contributed by atoms with E-state index in [9.17, 15) is 0 Å². The van der Waals surface area contributed by atoms with Crippen LogP contribution in [0.15, 0.2) is 150 Å². The molecule has 9 aromatic rings. The van der Waals surface area contributed by atoms with Crippen LogP contribution in [-0.2, 0) is 0 Å². The first-order valence-corrected chi connectivity index (χ1v) is 13.3. The van der Waals surface area contributed by atoms with Crippen molar-refractivity contribution in [1.29, 1.82) is 0 Å². The van der Waals surface area contributed by atoms with Crippen molar-refractivity contribution in [2.24, 2.45) is 0 Å². The van der Waals surface area contributed by atoms with Gasteiger partial charge in [0.05, 0.1) is 32.9 Å². The van der Waals surface area contributed by atoms with Crippen molar-refractivity contribution in [3.8, 4) is 22.5 Å². The molecule has 0 atom stereocenters. The molecule has 0 amide bonds. The van der Waals surface area contributed by atoms with Crippen LogP contribution in [0.5, 0.6) is 0 Å². The second-order valence-electron chi connectivity index (χ2n) is 9.98. The lowest BCUT2D eigenvalue weighted by atomic mass is 9.99. The molecule has 0 aliphatic heterocycles. The van der Waals surface area contributed by atoms with Gasteiger partial charge in [0.25, 0.3) is 0 Å². The number of hydrogen-bond donors (Lipinski definition) is 0. The minimum Gasteiger partial charge on any atom is -0.439 e. The smallest absolute Gasteiger partial charge is 0.213 e. The molecule has 0 fully saturated rings. The van der Waals surface area contributed by atoms with Crippen molar-refractivity contribution in [1.82, 2.24) is 9.13 Å². The number of furan rings is 1. The molecule has 3 aromatic heterocycles. The normalized spacial score (nSPS) is 14.6. The van der Waals surface area contributed by atoms with Crippen molar-refractivity contribution in [3.63, 3.8) is 0 Å². The fourth-order valence-corrected chi connectivity index (χ4v) is 6.07. The van der Waals surface area contributed by atoms with Crippen LogP contribution in [0.3, 0.4) is 0 Å². The number of hydrogen-bond acceptors (Lipinski definition) is 1. The Hall–Kier alpha value is -5.54. The molecule has 9 rings (SSSR count). The highest BCUT2D eigenvalue weighted by molar-refractivity contribution is 6.24. The number of aromatic nitrogens is 2. The van der Waals surface area contributed by atoms with Crippen LogP contribution in [0.4, 0.5) is 0 Å². The van der Waals surface area contributed by atoms with E-state index < -0.39 is 24.2 Å². The Bertz CT molecular complexity index is 2770. The summed E-state index contributed by atoms with van der Waals surface area (Å²) in [6.45, 7) is 0. The molecule has 0 saturated carbocycles. The van der Waals surface area contributed by atoms with Gasteiger partial charge in [-0.1, -0.05) is 96.9 Å². The van der Waals surface area contributed by atoms with Gasteiger partial charge < -0.3 is 8.98 Å². The maximum Gasteiger partial charge on any atom is 0.213 e. The van der Waals surface area contributed by atoms with Crippen molar-refractivity contribution < 1.29 is 15.4 Å². The molecule has 3 heterocycles. The maximum atomic E-state index is 8.83. The molecule has 0 spiro atoms. The molecule has 0 bridgehead atoms. The highest BCUT2D eigenvalue weighted by Gasteiger charge is 2.22. The highest BCUT2D eigenvalue weighted by Crippen LogP contribution is 2.43. The van der Waals surface area contributed by atoms with Crippen LogP contribution >= 0.6 is 0 Å². The van der Waals surface area contributed by atoms with Crippen molar-refractivity contribution in [2.75, 3.05) is 0 Å². The zero-order valence-electron chi connectivity index (χ0n) is 29.5. The fourth-order valence-electron chi connectivity index (χ4n) is 6.07. The average Bonchev–Trinajstić information content (AvgIpc) is 3.79. The summed E-state index contributed by atoms with van der Waals surface area (Å²) in [5.74, 6) is 0. The number of rotatable bonds is 3. The molecule has 192 valence electrons. The van der Waals surface area contributed by atoms with E-state index >= 15 is 0 Å². The Morgan fingerprint density at radius 1 is 0.488 bits per heavy atom. The largest absolute Gasteiger partial charge is 0.439 e. The third-order valence-electron chi connectivity index (χ3n) is 7.80. The first kappa shape index (κ1) is 15.9. The summed E-state index contributed by atoms with van der Waals surface area (Å²) in [5, 5.41) is 3.11. The van der Waals surface area contributed by atoms with E-state index in [1.807, 2.05) is 78.9 Å². The predicted molar refractivity (Wildman–Crippen MR) is 170 cm³/mol. The van der Waals surface area contributed by atoms with Gasteiger partial charge in [0, 0.05) is 32.9 Å². The van der Waals surface area contributed by atoms with Gasteiger partial charge in [-0.25, -0.2) is 0 Å². The molecule has 41 heavy (non-hydrogen) atoms. The molecule has 6 aromatic carbocycles. The molecule has 0 aliphatic carbocycles. The maximum absolute atomic E-state index is 8.83. The van der Waals surface area contributed by atoms with E-state index in [0.29, 0.717) is 5.69 Å². The van der Waals surface area contributed by atoms with Crippen LogP contribution in [0.1, 0.15) is 11.0 Å². The number of para-hydroxylation sites is 4. The summed E-state index contributed by atoms with van der Waals surface area (Å²) in [6.07, 6.45) is 0. The number of benzene rings is 6. The van der Waals surface area contributed by atoms with E-state index in [0.717, 1.165) is 49.8 Å². The summed E-state index contributed by atoms with van der Waals surface area (Å²) in [5.41, 5.74) is 5.98. The molecular formula is C38H24N2O. The molecule has 3 heteroatoms. The molecule has 0 aliphatic rings. The third-order valence-corrected chi connectivity index (χ3v) is 7.80. The van der Waals surface area contributed by atoms with Gasteiger partial charge in [0.15, 0.2) is 0 Å². The molecule has 0 radical (unpaired) electrons. The first-order valence-electron chi connectivity index (χ1n) is 17.3. The summed E-state index contributed by atoms with van der Waals surface area (Å²) in [6, 6.07) is 28.5. The lowest BCUT2D eigenvalue weighted by molar-refractivity contribution is 0.645. The van der Waals surface area contributed by atoms with Gasteiger partial charge in [0.2, 0.25) is 5.71 Å².